The van der Waals surface area contributed by atoms with Crippen molar-refractivity contribution in [3.05, 3.63) is 61.2 Å². The Hall–Kier alpha value is -3.42. The van der Waals surface area contributed by atoms with E-state index in [-0.39, 0.29) is 6.03 Å². The number of aromatic nitrogens is 4. The summed E-state index contributed by atoms with van der Waals surface area (Å²) in [4.78, 5) is 20.3. The fraction of sp³-hybridized carbons (Fsp3) is 0.176. The molecule has 0 bridgehead atoms. The van der Waals surface area contributed by atoms with E-state index in [4.69, 9.17) is 0 Å². The summed E-state index contributed by atoms with van der Waals surface area (Å²) in [6.45, 7) is 1.29. The number of urea groups is 1. The number of pyridine rings is 2. The van der Waals surface area contributed by atoms with Gasteiger partial charge in [0.25, 0.3) is 0 Å². The zero-order valence-corrected chi connectivity index (χ0v) is 13.6. The van der Waals surface area contributed by atoms with Gasteiger partial charge in [0.15, 0.2) is 5.82 Å². The van der Waals surface area contributed by atoms with Crippen molar-refractivity contribution in [2.45, 2.75) is 6.42 Å². The van der Waals surface area contributed by atoms with E-state index in [1.165, 1.54) is 0 Å². The maximum Gasteiger partial charge on any atom is 0.319 e. The molecule has 0 aromatic carbocycles. The van der Waals surface area contributed by atoms with Crippen LogP contribution in [-0.4, -0.2) is 38.9 Å². The molecular formula is C17H19N7O. The zero-order valence-electron chi connectivity index (χ0n) is 13.6. The lowest BCUT2D eigenvalue weighted by Gasteiger charge is -2.09. The van der Waals surface area contributed by atoms with Crippen molar-refractivity contribution in [3.8, 4) is 5.82 Å². The zero-order chi connectivity index (χ0) is 17.3. The van der Waals surface area contributed by atoms with E-state index < -0.39 is 0 Å². The summed E-state index contributed by atoms with van der Waals surface area (Å²) in [6, 6.07) is 10.8. The van der Waals surface area contributed by atoms with Gasteiger partial charge in [-0.2, -0.15) is 5.10 Å². The minimum absolute atomic E-state index is 0.258. The molecule has 0 saturated heterocycles. The normalized spacial score (nSPS) is 10.2. The lowest BCUT2D eigenvalue weighted by molar-refractivity contribution is 0.252. The molecule has 0 fully saturated rings. The van der Waals surface area contributed by atoms with Crippen LogP contribution >= 0.6 is 0 Å². The highest BCUT2D eigenvalue weighted by atomic mass is 16.2. The second-order valence-electron chi connectivity index (χ2n) is 5.23. The molecule has 0 aliphatic heterocycles. The Morgan fingerprint density at radius 2 is 2.00 bits per heavy atom. The SMILES string of the molecule is O=C(NCCCNc1ccccn1)Nc1ccc(-n2cccn2)nc1. The first-order valence-electron chi connectivity index (χ1n) is 7.97. The highest BCUT2D eigenvalue weighted by molar-refractivity contribution is 5.89. The second kappa shape index (κ2) is 8.44. The summed E-state index contributed by atoms with van der Waals surface area (Å²) in [6.07, 6.45) is 7.62. The van der Waals surface area contributed by atoms with Crippen molar-refractivity contribution in [2.75, 3.05) is 23.7 Å². The maximum atomic E-state index is 11.9. The molecule has 128 valence electrons. The summed E-state index contributed by atoms with van der Waals surface area (Å²) in [5.74, 6) is 1.52. The van der Waals surface area contributed by atoms with Gasteiger partial charge in [0.05, 0.1) is 11.9 Å². The van der Waals surface area contributed by atoms with Crippen LogP contribution in [0.1, 0.15) is 6.42 Å². The molecule has 3 heterocycles. The maximum absolute atomic E-state index is 11.9. The van der Waals surface area contributed by atoms with Gasteiger partial charge in [0.1, 0.15) is 5.82 Å². The Balaban J connectivity index is 1.36. The summed E-state index contributed by atoms with van der Waals surface area (Å²) in [5, 5.41) is 12.8. The average Bonchev–Trinajstić information content (AvgIpc) is 3.18. The molecule has 25 heavy (non-hydrogen) atoms. The number of carbonyl (C=O) groups excluding carboxylic acids is 1. The molecule has 8 nitrogen and oxygen atoms in total. The molecule has 2 amide bonds. The van der Waals surface area contributed by atoms with Gasteiger partial charge in [0.2, 0.25) is 0 Å². The third kappa shape index (κ3) is 5.03. The number of nitrogens with zero attached hydrogens (tertiary/aromatic N) is 4. The van der Waals surface area contributed by atoms with Crippen molar-refractivity contribution in [2.24, 2.45) is 0 Å². The Kier molecular flexibility index (Phi) is 5.55. The highest BCUT2D eigenvalue weighted by Crippen LogP contribution is 2.08. The Morgan fingerprint density at radius 1 is 1.04 bits per heavy atom. The summed E-state index contributed by atoms with van der Waals surface area (Å²) < 4.78 is 1.65. The smallest absolute Gasteiger partial charge is 0.319 e. The van der Waals surface area contributed by atoms with Gasteiger partial charge in [-0.3, -0.25) is 0 Å². The van der Waals surface area contributed by atoms with Crippen molar-refractivity contribution in [1.29, 1.82) is 0 Å². The lowest BCUT2D eigenvalue weighted by atomic mass is 10.4. The predicted octanol–water partition coefficient (Wildman–Crippen LogP) is 2.29. The molecule has 8 heteroatoms. The van der Waals surface area contributed by atoms with Crippen molar-refractivity contribution >= 4 is 17.5 Å². The van der Waals surface area contributed by atoms with Crippen molar-refractivity contribution in [1.82, 2.24) is 25.1 Å². The first-order valence-corrected chi connectivity index (χ1v) is 7.97. The molecule has 3 aromatic rings. The molecule has 0 radical (unpaired) electrons. The molecule has 3 rings (SSSR count). The number of hydrogen-bond donors (Lipinski definition) is 3. The first-order chi connectivity index (χ1) is 12.3. The molecule has 0 aliphatic carbocycles. The Morgan fingerprint density at radius 3 is 2.72 bits per heavy atom. The van der Waals surface area contributed by atoms with Crippen LogP contribution in [0.4, 0.5) is 16.3 Å². The standard InChI is InChI=1S/C17H19N7O/c25-17(20-10-3-9-19-15-5-1-2-8-18-15)23-14-6-7-16(21-13-14)24-12-4-11-22-24/h1-2,4-8,11-13H,3,9-10H2,(H,18,19)(H2,20,23,25). The minimum Gasteiger partial charge on any atom is -0.370 e. The van der Waals surface area contributed by atoms with Crippen LogP contribution < -0.4 is 16.0 Å². The van der Waals surface area contributed by atoms with Crippen molar-refractivity contribution in [3.63, 3.8) is 0 Å². The molecule has 0 atom stereocenters. The number of anilines is 2. The molecule has 0 aliphatic rings. The molecule has 0 saturated carbocycles. The average molecular weight is 337 g/mol. The monoisotopic (exact) mass is 337 g/mol. The summed E-state index contributed by atoms with van der Waals surface area (Å²) in [5.41, 5.74) is 0.625. The minimum atomic E-state index is -0.258. The van der Waals surface area contributed by atoms with Crippen LogP contribution in [0.15, 0.2) is 61.2 Å². The largest absolute Gasteiger partial charge is 0.370 e. The van der Waals surface area contributed by atoms with Gasteiger partial charge >= 0.3 is 6.03 Å². The van der Waals surface area contributed by atoms with Crippen LogP contribution in [0.5, 0.6) is 0 Å². The van der Waals surface area contributed by atoms with E-state index in [9.17, 15) is 4.79 Å². The summed E-state index contributed by atoms with van der Waals surface area (Å²) in [7, 11) is 0. The number of hydrogen-bond acceptors (Lipinski definition) is 5. The van der Waals surface area contributed by atoms with Gasteiger partial charge in [-0.1, -0.05) is 6.07 Å². The number of rotatable bonds is 7. The van der Waals surface area contributed by atoms with Crippen LogP contribution in [0.25, 0.3) is 5.82 Å². The van der Waals surface area contributed by atoms with Crippen LogP contribution in [-0.2, 0) is 0 Å². The van der Waals surface area contributed by atoms with Gasteiger partial charge in [-0.05, 0) is 36.8 Å². The molecular weight excluding hydrogens is 318 g/mol. The van der Waals surface area contributed by atoms with Crippen LogP contribution in [0.2, 0.25) is 0 Å². The van der Waals surface area contributed by atoms with Gasteiger partial charge in [0, 0.05) is 31.7 Å². The van der Waals surface area contributed by atoms with E-state index in [0.717, 1.165) is 18.8 Å². The highest BCUT2D eigenvalue weighted by Gasteiger charge is 2.03. The molecule has 0 unspecified atom stereocenters. The predicted molar refractivity (Wildman–Crippen MR) is 95.7 cm³/mol. The quantitative estimate of drug-likeness (QED) is 0.575. The van der Waals surface area contributed by atoms with Gasteiger partial charge in [-0.25, -0.2) is 19.4 Å². The third-order valence-electron chi connectivity index (χ3n) is 3.35. The molecule has 0 spiro atoms. The van der Waals surface area contributed by atoms with Crippen molar-refractivity contribution < 1.29 is 4.79 Å². The lowest BCUT2D eigenvalue weighted by Crippen LogP contribution is -2.30. The second-order valence-corrected chi connectivity index (χ2v) is 5.23. The summed E-state index contributed by atoms with van der Waals surface area (Å²) >= 11 is 0. The third-order valence-corrected chi connectivity index (χ3v) is 3.35. The molecule has 3 N–H and O–H groups in total. The Labute approximate surface area is 145 Å². The fourth-order valence-corrected chi connectivity index (χ4v) is 2.15. The number of carbonyl (C=O) groups is 1. The van der Waals surface area contributed by atoms with Crippen LogP contribution in [0.3, 0.4) is 0 Å². The van der Waals surface area contributed by atoms with E-state index in [1.54, 1.807) is 41.6 Å². The van der Waals surface area contributed by atoms with Gasteiger partial charge < -0.3 is 16.0 Å². The van der Waals surface area contributed by atoms with E-state index in [1.807, 2.05) is 24.3 Å². The number of nitrogens with one attached hydrogen (secondary N) is 3. The number of amides is 2. The fourth-order valence-electron chi connectivity index (χ4n) is 2.15. The first kappa shape index (κ1) is 16.4. The van der Waals surface area contributed by atoms with E-state index in [2.05, 4.69) is 31.0 Å². The van der Waals surface area contributed by atoms with Crippen LogP contribution in [0, 0.1) is 0 Å². The molecule has 3 aromatic heterocycles. The topological polar surface area (TPSA) is 96.8 Å². The van der Waals surface area contributed by atoms with E-state index in [0.29, 0.717) is 18.1 Å². The van der Waals surface area contributed by atoms with Gasteiger partial charge in [-0.15, -0.1) is 0 Å². The van der Waals surface area contributed by atoms with E-state index >= 15 is 0 Å². The Bertz CT molecular complexity index is 773.